The van der Waals surface area contributed by atoms with Gasteiger partial charge in [-0.1, -0.05) is 36.0 Å². The molecular formula is C20H23N5OS2. The largest absolute Gasteiger partial charge is 0.349 e. The highest BCUT2D eigenvalue weighted by molar-refractivity contribution is 7.99. The molecule has 146 valence electrons. The number of fused-ring (bicyclic) bond motifs is 1. The molecule has 0 saturated carbocycles. The van der Waals surface area contributed by atoms with Gasteiger partial charge < -0.3 is 5.32 Å². The lowest BCUT2D eigenvalue weighted by molar-refractivity contribution is -0.119. The number of nitrogens with one attached hydrogen (secondary N) is 1. The second-order valence-corrected chi connectivity index (χ2v) is 8.99. The first-order chi connectivity index (χ1) is 13.7. The number of aromatic nitrogens is 4. The second kappa shape index (κ2) is 8.87. The van der Waals surface area contributed by atoms with Crippen molar-refractivity contribution >= 4 is 29.0 Å². The van der Waals surface area contributed by atoms with Crippen LogP contribution in [0.25, 0.3) is 0 Å². The number of rotatable bonds is 7. The van der Waals surface area contributed by atoms with Gasteiger partial charge in [-0.2, -0.15) is 0 Å². The van der Waals surface area contributed by atoms with Crippen LogP contribution in [-0.2, 0) is 24.2 Å². The molecule has 0 saturated heterocycles. The maximum absolute atomic E-state index is 12.4. The Labute approximate surface area is 172 Å². The topological polar surface area (TPSA) is 72.7 Å². The van der Waals surface area contributed by atoms with E-state index in [9.17, 15) is 4.79 Å². The third-order valence-electron chi connectivity index (χ3n) is 4.97. The molecule has 1 unspecified atom stereocenters. The Kier molecular flexibility index (Phi) is 6.07. The van der Waals surface area contributed by atoms with Crippen molar-refractivity contribution in [1.29, 1.82) is 0 Å². The summed E-state index contributed by atoms with van der Waals surface area (Å²) >= 11 is 3.03. The fraction of sp³-hybridized carbons (Fsp3) is 0.400. The van der Waals surface area contributed by atoms with Crippen molar-refractivity contribution in [3.8, 4) is 0 Å². The molecule has 1 aliphatic rings. The number of thiophene rings is 1. The Bertz CT molecular complexity index is 938. The summed E-state index contributed by atoms with van der Waals surface area (Å²) in [5.41, 5.74) is 4.06. The summed E-state index contributed by atoms with van der Waals surface area (Å²) in [5.74, 6) is 0.279. The van der Waals surface area contributed by atoms with Crippen LogP contribution in [-0.4, -0.2) is 31.9 Å². The molecule has 2 aromatic heterocycles. The van der Waals surface area contributed by atoms with Crippen molar-refractivity contribution in [2.24, 2.45) is 0 Å². The molecule has 2 heterocycles. The molecule has 8 heteroatoms. The van der Waals surface area contributed by atoms with Gasteiger partial charge in [-0.25, -0.2) is 4.68 Å². The van der Waals surface area contributed by atoms with Gasteiger partial charge in [0.25, 0.3) is 0 Å². The summed E-state index contributed by atoms with van der Waals surface area (Å²) in [7, 11) is 0. The smallest absolute Gasteiger partial charge is 0.230 e. The lowest BCUT2D eigenvalue weighted by Gasteiger charge is -2.20. The van der Waals surface area contributed by atoms with E-state index in [2.05, 4.69) is 39.0 Å². The Morgan fingerprint density at radius 1 is 1.29 bits per heavy atom. The molecule has 1 amide bonds. The van der Waals surface area contributed by atoms with E-state index in [1.165, 1.54) is 52.6 Å². The highest BCUT2D eigenvalue weighted by Gasteiger charge is 2.15. The van der Waals surface area contributed by atoms with E-state index < -0.39 is 0 Å². The molecule has 4 rings (SSSR count). The number of aryl methyl sites for hydroxylation is 2. The van der Waals surface area contributed by atoms with Crippen LogP contribution in [0.4, 0.5) is 0 Å². The van der Waals surface area contributed by atoms with Gasteiger partial charge in [-0.3, -0.25) is 4.79 Å². The highest BCUT2D eigenvalue weighted by atomic mass is 32.2. The number of thioether (sulfide) groups is 1. The van der Waals surface area contributed by atoms with Gasteiger partial charge in [0, 0.05) is 4.88 Å². The zero-order valence-corrected chi connectivity index (χ0v) is 17.4. The minimum absolute atomic E-state index is 0.0116. The zero-order chi connectivity index (χ0) is 19.3. The lowest BCUT2D eigenvalue weighted by atomic mass is 9.89. The first-order valence-electron chi connectivity index (χ1n) is 9.51. The fourth-order valence-corrected chi connectivity index (χ4v) is 4.84. The summed E-state index contributed by atoms with van der Waals surface area (Å²) in [6.45, 7) is 2.66. The van der Waals surface area contributed by atoms with E-state index in [1.807, 2.05) is 24.4 Å². The summed E-state index contributed by atoms with van der Waals surface area (Å²) in [6, 6.07) is 10.7. The average molecular weight is 414 g/mol. The van der Waals surface area contributed by atoms with E-state index in [1.54, 1.807) is 16.0 Å². The monoisotopic (exact) mass is 413 g/mol. The van der Waals surface area contributed by atoms with E-state index >= 15 is 0 Å². The van der Waals surface area contributed by atoms with E-state index in [-0.39, 0.29) is 11.9 Å². The molecule has 1 N–H and O–H groups in total. The molecule has 0 spiro atoms. The van der Waals surface area contributed by atoms with Crippen molar-refractivity contribution in [3.05, 3.63) is 57.3 Å². The maximum Gasteiger partial charge on any atom is 0.230 e. The summed E-state index contributed by atoms with van der Waals surface area (Å²) in [5, 5.41) is 17.6. The second-order valence-electron chi connectivity index (χ2n) is 7.01. The van der Waals surface area contributed by atoms with Crippen molar-refractivity contribution in [2.75, 3.05) is 5.75 Å². The van der Waals surface area contributed by atoms with Crippen LogP contribution in [0.15, 0.2) is 40.9 Å². The van der Waals surface area contributed by atoms with Gasteiger partial charge in [-0.05, 0) is 71.2 Å². The Hall–Kier alpha value is -2.19. The number of hydrogen-bond acceptors (Lipinski definition) is 6. The third-order valence-corrected chi connectivity index (χ3v) is 6.79. The minimum Gasteiger partial charge on any atom is -0.349 e. The summed E-state index contributed by atoms with van der Waals surface area (Å²) in [6.07, 6.45) is 4.86. The molecule has 6 nitrogen and oxygen atoms in total. The summed E-state index contributed by atoms with van der Waals surface area (Å²) < 4.78 is 1.73. The van der Waals surface area contributed by atoms with Crippen molar-refractivity contribution < 1.29 is 4.79 Å². The van der Waals surface area contributed by atoms with Crippen LogP contribution in [0.2, 0.25) is 0 Å². The Morgan fingerprint density at radius 2 is 2.14 bits per heavy atom. The molecule has 1 atom stereocenters. The molecule has 3 aromatic rings. The van der Waals surface area contributed by atoms with Gasteiger partial charge in [0.1, 0.15) is 0 Å². The number of carbonyl (C=O) groups is 1. The van der Waals surface area contributed by atoms with Crippen LogP contribution >= 0.6 is 23.1 Å². The third kappa shape index (κ3) is 4.62. The molecule has 1 aliphatic carbocycles. The van der Waals surface area contributed by atoms with Gasteiger partial charge in [0.15, 0.2) is 0 Å². The SMILES string of the molecule is CC(NC(=O)CSc1nnnn1Cc1cccs1)c1ccc2c(c1)CCCC2. The molecule has 0 radical (unpaired) electrons. The number of carbonyl (C=O) groups excluding carboxylic acids is 1. The van der Waals surface area contributed by atoms with E-state index in [0.717, 1.165) is 6.42 Å². The minimum atomic E-state index is -0.0131. The molecular weight excluding hydrogens is 390 g/mol. The van der Waals surface area contributed by atoms with Gasteiger partial charge in [-0.15, -0.1) is 16.4 Å². The lowest BCUT2D eigenvalue weighted by Crippen LogP contribution is -2.28. The quantitative estimate of drug-likeness (QED) is 0.599. The van der Waals surface area contributed by atoms with Crippen LogP contribution < -0.4 is 5.32 Å². The van der Waals surface area contributed by atoms with Crippen molar-refractivity contribution in [3.63, 3.8) is 0 Å². The average Bonchev–Trinajstić information content (AvgIpc) is 3.38. The van der Waals surface area contributed by atoms with Crippen LogP contribution in [0.5, 0.6) is 0 Å². The maximum atomic E-state index is 12.4. The van der Waals surface area contributed by atoms with Crippen molar-refractivity contribution in [2.45, 2.75) is 50.4 Å². The zero-order valence-electron chi connectivity index (χ0n) is 15.8. The van der Waals surface area contributed by atoms with Crippen LogP contribution in [0.3, 0.4) is 0 Å². The van der Waals surface area contributed by atoms with Gasteiger partial charge in [0.05, 0.1) is 18.3 Å². The first kappa shape index (κ1) is 19.1. The number of tetrazole rings is 1. The fourth-order valence-electron chi connectivity index (χ4n) is 3.47. The van der Waals surface area contributed by atoms with Crippen molar-refractivity contribution in [1.82, 2.24) is 25.5 Å². The number of nitrogens with zero attached hydrogens (tertiary/aromatic N) is 4. The molecule has 0 fully saturated rings. The standard InChI is InChI=1S/C20H23N5OS2/c1-14(16-9-8-15-5-2-3-6-17(15)11-16)21-19(26)13-28-20-22-23-24-25(20)12-18-7-4-10-27-18/h4,7-11,14H,2-3,5-6,12-13H2,1H3,(H,21,26). The first-order valence-corrected chi connectivity index (χ1v) is 11.4. The Balaban J connectivity index is 1.32. The van der Waals surface area contributed by atoms with Crippen LogP contribution in [0.1, 0.15) is 47.4 Å². The Morgan fingerprint density at radius 3 is 2.96 bits per heavy atom. The molecule has 0 aliphatic heterocycles. The number of amides is 1. The molecule has 1 aromatic carbocycles. The van der Waals surface area contributed by atoms with E-state index in [4.69, 9.17) is 0 Å². The predicted octanol–water partition coefficient (Wildman–Crippen LogP) is 3.63. The van der Waals surface area contributed by atoms with Gasteiger partial charge >= 0.3 is 0 Å². The predicted molar refractivity (Wildman–Crippen MR) is 112 cm³/mol. The molecule has 0 bridgehead atoms. The number of benzene rings is 1. The van der Waals surface area contributed by atoms with E-state index in [0.29, 0.717) is 17.5 Å². The summed E-state index contributed by atoms with van der Waals surface area (Å²) in [4.78, 5) is 13.6. The highest BCUT2D eigenvalue weighted by Crippen LogP contribution is 2.25. The van der Waals surface area contributed by atoms with Gasteiger partial charge in [0.2, 0.25) is 11.1 Å². The number of hydrogen-bond donors (Lipinski definition) is 1. The molecule has 28 heavy (non-hydrogen) atoms. The normalized spacial score (nSPS) is 14.5. The van der Waals surface area contributed by atoms with Crippen LogP contribution in [0, 0.1) is 0 Å².